The second kappa shape index (κ2) is 8.35. The van der Waals surface area contributed by atoms with Crippen LogP contribution in [0.15, 0.2) is 54.9 Å². The van der Waals surface area contributed by atoms with E-state index in [1.54, 1.807) is 23.4 Å². The van der Waals surface area contributed by atoms with Gasteiger partial charge in [0, 0.05) is 51.2 Å². The third-order valence-electron chi connectivity index (χ3n) is 4.50. The summed E-state index contributed by atoms with van der Waals surface area (Å²) >= 11 is 0. The number of amides is 1. The predicted molar refractivity (Wildman–Crippen MR) is 96.6 cm³/mol. The molecule has 1 amide bonds. The maximum absolute atomic E-state index is 12.6. The SMILES string of the molecule is O=C(/C=C/c1ccc(C(F)(F)F)cc1)N1CCN(Cc2ccncc2)CC1. The summed E-state index contributed by atoms with van der Waals surface area (Å²) in [5.41, 5.74) is 1.05. The number of aromatic nitrogens is 1. The molecule has 2 aromatic rings. The molecule has 0 spiro atoms. The molecule has 1 aliphatic heterocycles. The fourth-order valence-electron chi connectivity index (χ4n) is 2.93. The largest absolute Gasteiger partial charge is 0.416 e. The highest BCUT2D eigenvalue weighted by Gasteiger charge is 2.29. The van der Waals surface area contributed by atoms with Crippen LogP contribution in [0.1, 0.15) is 16.7 Å². The number of alkyl halides is 3. The minimum absolute atomic E-state index is 0.126. The van der Waals surface area contributed by atoms with Gasteiger partial charge in [0.15, 0.2) is 0 Å². The molecule has 1 fully saturated rings. The number of rotatable bonds is 4. The summed E-state index contributed by atoms with van der Waals surface area (Å²) in [4.78, 5) is 20.3. The quantitative estimate of drug-likeness (QED) is 0.768. The average Bonchev–Trinajstić information content (AvgIpc) is 2.67. The topological polar surface area (TPSA) is 36.4 Å². The molecule has 4 nitrogen and oxygen atoms in total. The lowest BCUT2D eigenvalue weighted by Gasteiger charge is -2.34. The van der Waals surface area contributed by atoms with Crippen molar-refractivity contribution in [3.8, 4) is 0 Å². The lowest BCUT2D eigenvalue weighted by atomic mass is 10.1. The first-order valence-corrected chi connectivity index (χ1v) is 8.67. The van der Waals surface area contributed by atoms with Crippen LogP contribution in [0.5, 0.6) is 0 Å². The maximum Gasteiger partial charge on any atom is 0.416 e. The number of benzene rings is 1. The molecule has 2 heterocycles. The van der Waals surface area contributed by atoms with Crippen molar-refractivity contribution in [2.45, 2.75) is 12.7 Å². The maximum atomic E-state index is 12.6. The fraction of sp³-hybridized carbons (Fsp3) is 0.300. The first-order valence-electron chi connectivity index (χ1n) is 8.67. The summed E-state index contributed by atoms with van der Waals surface area (Å²) in [5.74, 6) is -0.126. The zero-order chi connectivity index (χ0) is 19.3. The average molecular weight is 375 g/mol. The summed E-state index contributed by atoms with van der Waals surface area (Å²) in [6.07, 6.45) is 2.14. The molecule has 0 atom stereocenters. The van der Waals surface area contributed by atoms with E-state index in [0.29, 0.717) is 18.7 Å². The third kappa shape index (κ3) is 5.40. The van der Waals surface area contributed by atoms with Crippen LogP contribution in [-0.2, 0) is 17.5 Å². The summed E-state index contributed by atoms with van der Waals surface area (Å²) < 4.78 is 37.7. The molecule has 142 valence electrons. The molecule has 1 aromatic heterocycles. The van der Waals surface area contributed by atoms with E-state index in [9.17, 15) is 18.0 Å². The van der Waals surface area contributed by atoms with Crippen molar-refractivity contribution < 1.29 is 18.0 Å². The number of carbonyl (C=O) groups is 1. The van der Waals surface area contributed by atoms with E-state index in [-0.39, 0.29) is 5.91 Å². The Kier molecular flexibility index (Phi) is 5.91. The number of nitrogens with zero attached hydrogens (tertiary/aromatic N) is 3. The number of carbonyl (C=O) groups excluding carboxylic acids is 1. The lowest BCUT2D eigenvalue weighted by molar-refractivity contribution is -0.137. The van der Waals surface area contributed by atoms with Gasteiger partial charge >= 0.3 is 6.18 Å². The Hall–Kier alpha value is -2.67. The Morgan fingerprint density at radius 2 is 1.63 bits per heavy atom. The molecule has 7 heteroatoms. The normalized spacial score (nSPS) is 16.0. The van der Waals surface area contributed by atoms with Gasteiger partial charge in [-0.1, -0.05) is 12.1 Å². The Labute approximate surface area is 155 Å². The first-order chi connectivity index (χ1) is 12.9. The highest BCUT2D eigenvalue weighted by Crippen LogP contribution is 2.29. The second-order valence-corrected chi connectivity index (χ2v) is 6.41. The molecular weight excluding hydrogens is 355 g/mol. The van der Waals surface area contributed by atoms with Crippen molar-refractivity contribution in [3.63, 3.8) is 0 Å². The van der Waals surface area contributed by atoms with Crippen molar-refractivity contribution in [3.05, 3.63) is 71.6 Å². The van der Waals surface area contributed by atoms with Crippen LogP contribution in [-0.4, -0.2) is 46.9 Å². The number of hydrogen-bond donors (Lipinski definition) is 0. The van der Waals surface area contributed by atoms with Gasteiger partial charge in [-0.05, 0) is 41.5 Å². The van der Waals surface area contributed by atoms with Gasteiger partial charge in [-0.3, -0.25) is 14.7 Å². The molecule has 0 aliphatic carbocycles. The molecule has 0 saturated carbocycles. The number of halogens is 3. The standard InChI is InChI=1S/C20H20F3N3O/c21-20(22,23)18-4-1-16(2-5-18)3-6-19(27)26-13-11-25(12-14-26)15-17-7-9-24-10-8-17/h1-10H,11-15H2/b6-3+. The smallest absolute Gasteiger partial charge is 0.337 e. The Bertz CT molecular complexity index is 780. The van der Waals surface area contributed by atoms with E-state index in [0.717, 1.165) is 31.8 Å². The van der Waals surface area contributed by atoms with Gasteiger partial charge < -0.3 is 4.90 Å². The summed E-state index contributed by atoms with van der Waals surface area (Å²) in [5, 5.41) is 0. The number of hydrogen-bond acceptors (Lipinski definition) is 3. The van der Waals surface area contributed by atoms with E-state index >= 15 is 0 Å². The van der Waals surface area contributed by atoms with Crippen LogP contribution in [0.25, 0.3) is 6.08 Å². The number of pyridine rings is 1. The minimum Gasteiger partial charge on any atom is -0.337 e. The van der Waals surface area contributed by atoms with Crippen LogP contribution in [0, 0.1) is 0 Å². The van der Waals surface area contributed by atoms with Crippen LogP contribution in [0.2, 0.25) is 0 Å². The first kappa shape index (κ1) is 19.1. The highest BCUT2D eigenvalue weighted by atomic mass is 19.4. The lowest BCUT2D eigenvalue weighted by Crippen LogP contribution is -2.47. The van der Waals surface area contributed by atoms with E-state index < -0.39 is 11.7 Å². The van der Waals surface area contributed by atoms with Gasteiger partial charge in [0.2, 0.25) is 5.91 Å². The number of piperazine rings is 1. The van der Waals surface area contributed by atoms with Gasteiger partial charge in [-0.15, -0.1) is 0 Å². The van der Waals surface area contributed by atoms with Crippen LogP contribution in [0.3, 0.4) is 0 Å². The van der Waals surface area contributed by atoms with Gasteiger partial charge in [0.25, 0.3) is 0 Å². The molecule has 0 unspecified atom stereocenters. The predicted octanol–water partition coefficient (Wildman–Crippen LogP) is 3.46. The molecule has 27 heavy (non-hydrogen) atoms. The van der Waals surface area contributed by atoms with Gasteiger partial charge in [-0.2, -0.15) is 13.2 Å². The van der Waals surface area contributed by atoms with Crippen molar-refractivity contribution in [1.29, 1.82) is 0 Å². The minimum atomic E-state index is -4.35. The molecule has 0 bridgehead atoms. The van der Waals surface area contributed by atoms with Crippen molar-refractivity contribution in [2.75, 3.05) is 26.2 Å². The summed E-state index contributed by atoms with van der Waals surface area (Å²) in [6, 6.07) is 8.71. The van der Waals surface area contributed by atoms with Gasteiger partial charge in [0.05, 0.1) is 5.56 Å². The Morgan fingerprint density at radius 3 is 2.22 bits per heavy atom. The molecular formula is C20H20F3N3O. The molecule has 1 saturated heterocycles. The molecule has 1 aromatic carbocycles. The molecule has 0 radical (unpaired) electrons. The van der Waals surface area contributed by atoms with E-state index in [2.05, 4.69) is 9.88 Å². The molecule has 1 aliphatic rings. The fourth-order valence-corrected chi connectivity index (χ4v) is 2.93. The van der Waals surface area contributed by atoms with Crippen LogP contribution in [0.4, 0.5) is 13.2 Å². The van der Waals surface area contributed by atoms with Gasteiger partial charge in [-0.25, -0.2) is 0 Å². The van der Waals surface area contributed by atoms with E-state index in [1.807, 2.05) is 12.1 Å². The summed E-state index contributed by atoms with van der Waals surface area (Å²) in [6.45, 7) is 3.64. The monoisotopic (exact) mass is 375 g/mol. The Morgan fingerprint density at radius 1 is 1.00 bits per heavy atom. The zero-order valence-corrected chi connectivity index (χ0v) is 14.7. The van der Waals surface area contributed by atoms with Gasteiger partial charge in [0.1, 0.15) is 0 Å². The van der Waals surface area contributed by atoms with Crippen molar-refractivity contribution in [1.82, 2.24) is 14.8 Å². The van der Waals surface area contributed by atoms with Crippen LogP contribution >= 0.6 is 0 Å². The van der Waals surface area contributed by atoms with E-state index in [1.165, 1.54) is 23.8 Å². The molecule has 0 N–H and O–H groups in total. The summed E-state index contributed by atoms with van der Waals surface area (Å²) in [7, 11) is 0. The third-order valence-corrected chi connectivity index (χ3v) is 4.50. The zero-order valence-electron chi connectivity index (χ0n) is 14.7. The van der Waals surface area contributed by atoms with Crippen molar-refractivity contribution in [2.24, 2.45) is 0 Å². The van der Waals surface area contributed by atoms with Crippen molar-refractivity contribution >= 4 is 12.0 Å². The Balaban J connectivity index is 1.50. The molecule has 3 rings (SSSR count). The van der Waals surface area contributed by atoms with E-state index in [4.69, 9.17) is 0 Å². The van der Waals surface area contributed by atoms with Crippen LogP contribution < -0.4 is 0 Å². The second-order valence-electron chi connectivity index (χ2n) is 6.41. The highest BCUT2D eigenvalue weighted by molar-refractivity contribution is 5.91.